The molecule has 0 saturated carbocycles. The first-order valence-electron chi connectivity index (χ1n) is 9.87. The van der Waals surface area contributed by atoms with Gasteiger partial charge < -0.3 is 21.3 Å². The van der Waals surface area contributed by atoms with Crippen LogP contribution in [0.15, 0.2) is 55.6 Å². The van der Waals surface area contributed by atoms with Gasteiger partial charge in [-0.2, -0.15) is 0 Å². The summed E-state index contributed by atoms with van der Waals surface area (Å²) in [4.78, 5) is 12.5. The van der Waals surface area contributed by atoms with Crippen LogP contribution >= 0.6 is 0 Å². The average Bonchev–Trinajstić information content (AvgIpc) is 2.70. The van der Waals surface area contributed by atoms with Crippen molar-refractivity contribution in [3.05, 3.63) is 66.8 Å². The maximum atomic E-state index is 12.5. The molecular weight excluding hydrogens is 364 g/mol. The number of allylic oxidation sites excluding steroid dienone is 2. The first kappa shape index (κ1) is 22.2. The molecule has 1 atom stereocenters. The third kappa shape index (κ3) is 5.72. The Morgan fingerprint density at radius 1 is 1.17 bits per heavy atom. The molecular formula is C24H30N2O3. The Labute approximate surface area is 172 Å². The number of nitrogens with one attached hydrogen (secondary N) is 1. The standard InChI is InChI=1S/C24H30N2O3/c1-4-7-10-20(25)24(29)26-21-14-16(8-5-2)13-19(23(21)28)17-11-12-22(27)18(15-17)9-6-3/h5-6,11-15,20,27-28H,2-4,7-10,25H2,1H3,(H,26,29)/t20-/m0/s1. The van der Waals surface area contributed by atoms with Crippen LogP contribution in [0.25, 0.3) is 11.1 Å². The summed E-state index contributed by atoms with van der Waals surface area (Å²) in [5, 5.41) is 23.7. The van der Waals surface area contributed by atoms with Crippen molar-refractivity contribution in [1.82, 2.24) is 0 Å². The van der Waals surface area contributed by atoms with E-state index in [0.717, 1.165) is 24.0 Å². The number of hydrogen-bond donors (Lipinski definition) is 4. The minimum Gasteiger partial charge on any atom is -0.508 e. The van der Waals surface area contributed by atoms with Gasteiger partial charge in [-0.05, 0) is 60.2 Å². The SMILES string of the molecule is C=CCc1cc(NC(=O)[C@@H](N)CCCC)c(O)c(-c2ccc(O)c(CC=C)c2)c1. The highest BCUT2D eigenvalue weighted by Gasteiger charge is 2.18. The second-order valence-electron chi connectivity index (χ2n) is 7.11. The van der Waals surface area contributed by atoms with Crippen molar-refractivity contribution in [3.63, 3.8) is 0 Å². The Morgan fingerprint density at radius 3 is 2.55 bits per heavy atom. The number of benzene rings is 2. The molecule has 0 aliphatic heterocycles. The fourth-order valence-corrected chi connectivity index (χ4v) is 3.15. The summed E-state index contributed by atoms with van der Waals surface area (Å²) in [6.45, 7) is 9.52. The first-order valence-corrected chi connectivity index (χ1v) is 9.87. The van der Waals surface area contributed by atoms with Crippen LogP contribution < -0.4 is 11.1 Å². The Kier molecular flexibility index (Phi) is 8.04. The van der Waals surface area contributed by atoms with Crippen LogP contribution in [0, 0.1) is 0 Å². The fraction of sp³-hybridized carbons (Fsp3) is 0.292. The van der Waals surface area contributed by atoms with Crippen LogP contribution in [0.3, 0.4) is 0 Å². The van der Waals surface area contributed by atoms with Gasteiger partial charge in [0, 0.05) is 5.56 Å². The highest BCUT2D eigenvalue weighted by atomic mass is 16.3. The number of rotatable bonds is 10. The molecule has 154 valence electrons. The molecule has 5 N–H and O–H groups in total. The van der Waals surface area contributed by atoms with Gasteiger partial charge in [-0.1, -0.05) is 38.0 Å². The van der Waals surface area contributed by atoms with Crippen LogP contribution in [0.1, 0.15) is 37.3 Å². The van der Waals surface area contributed by atoms with Crippen molar-refractivity contribution in [2.24, 2.45) is 5.73 Å². The number of hydrogen-bond acceptors (Lipinski definition) is 4. The lowest BCUT2D eigenvalue weighted by Crippen LogP contribution is -2.35. The molecule has 0 heterocycles. The Morgan fingerprint density at radius 2 is 1.90 bits per heavy atom. The average molecular weight is 395 g/mol. The summed E-state index contributed by atoms with van der Waals surface area (Å²) < 4.78 is 0. The van der Waals surface area contributed by atoms with Gasteiger partial charge in [0.1, 0.15) is 11.5 Å². The number of phenols is 2. The third-order valence-electron chi connectivity index (χ3n) is 4.77. The number of unbranched alkanes of at least 4 members (excludes halogenated alkanes) is 1. The molecule has 5 nitrogen and oxygen atoms in total. The molecule has 0 saturated heterocycles. The van der Waals surface area contributed by atoms with Crippen LogP contribution in [0.5, 0.6) is 11.5 Å². The monoisotopic (exact) mass is 394 g/mol. The van der Waals surface area contributed by atoms with Gasteiger partial charge >= 0.3 is 0 Å². The van der Waals surface area contributed by atoms with Crippen molar-refractivity contribution >= 4 is 11.6 Å². The van der Waals surface area contributed by atoms with Crippen molar-refractivity contribution in [2.75, 3.05) is 5.32 Å². The number of anilines is 1. The molecule has 2 aromatic carbocycles. The zero-order valence-corrected chi connectivity index (χ0v) is 16.9. The van der Waals surface area contributed by atoms with Gasteiger partial charge in [-0.15, -0.1) is 13.2 Å². The fourth-order valence-electron chi connectivity index (χ4n) is 3.15. The zero-order chi connectivity index (χ0) is 21.4. The van der Waals surface area contributed by atoms with Crippen LogP contribution in [-0.4, -0.2) is 22.2 Å². The van der Waals surface area contributed by atoms with E-state index in [1.54, 1.807) is 30.4 Å². The van der Waals surface area contributed by atoms with Crippen molar-refractivity contribution in [1.29, 1.82) is 0 Å². The quantitative estimate of drug-likeness (QED) is 0.348. The van der Waals surface area contributed by atoms with E-state index in [1.807, 2.05) is 19.1 Å². The van der Waals surface area contributed by atoms with Gasteiger partial charge in [0.15, 0.2) is 0 Å². The van der Waals surface area contributed by atoms with Crippen molar-refractivity contribution in [2.45, 2.75) is 45.1 Å². The largest absolute Gasteiger partial charge is 0.508 e. The lowest BCUT2D eigenvalue weighted by molar-refractivity contribution is -0.117. The van der Waals surface area contributed by atoms with Gasteiger partial charge in [0.25, 0.3) is 0 Å². The summed E-state index contributed by atoms with van der Waals surface area (Å²) in [7, 11) is 0. The van der Waals surface area contributed by atoms with Crippen molar-refractivity contribution in [3.8, 4) is 22.6 Å². The smallest absolute Gasteiger partial charge is 0.241 e. The molecule has 0 aliphatic rings. The highest BCUT2D eigenvalue weighted by molar-refractivity contribution is 5.97. The molecule has 0 aromatic heterocycles. The molecule has 0 aliphatic carbocycles. The lowest BCUT2D eigenvalue weighted by Gasteiger charge is -2.17. The van der Waals surface area contributed by atoms with Crippen molar-refractivity contribution < 1.29 is 15.0 Å². The van der Waals surface area contributed by atoms with E-state index < -0.39 is 6.04 Å². The predicted molar refractivity (Wildman–Crippen MR) is 119 cm³/mol. The highest BCUT2D eigenvalue weighted by Crippen LogP contribution is 2.38. The Bertz CT molecular complexity index is 890. The van der Waals surface area contributed by atoms with E-state index >= 15 is 0 Å². The number of carbonyl (C=O) groups is 1. The predicted octanol–water partition coefficient (Wildman–Crippen LogP) is 4.68. The van der Waals surface area contributed by atoms with Crippen LogP contribution in [-0.2, 0) is 17.6 Å². The molecule has 29 heavy (non-hydrogen) atoms. The summed E-state index contributed by atoms with van der Waals surface area (Å²) in [5.41, 5.74) is 9.18. The van der Waals surface area contributed by atoms with E-state index in [4.69, 9.17) is 5.73 Å². The molecule has 0 bridgehead atoms. The summed E-state index contributed by atoms with van der Waals surface area (Å²) in [5.74, 6) is -0.191. The maximum absolute atomic E-state index is 12.5. The number of nitrogens with two attached hydrogens (primary N) is 1. The molecule has 0 unspecified atom stereocenters. The van der Waals surface area contributed by atoms with Crippen LogP contribution in [0.4, 0.5) is 5.69 Å². The van der Waals surface area contributed by atoms with Gasteiger partial charge in [-0.25, -0.2) is 0 Å². The van der Waals surface area contributed by atoms with Gasteiger partial charge in [0.2, 0.25) is 5.91 Å². The summed E-state index contributed by atoms with van der Waals surface area (Å²) in [6.07, 6.45) is 6.95. The normalized spacial score (nSPS) is 11.7. The van der Waals surface area contributed by atoms with E-state index in [0.29, 0.717) is 36.1 Å². The maximum Gasteiger partial charge on any atom is 0.241 e. The first-order chi connectivity index (χ1) is 13.9. The van der Waals surface area contributed by atoms with E-state index in [2.05, 4.69) is 18.5 Å². The van der Waals surface area contributed by atoms with Gasteiger partial charge in [-0.3, -0.25) is 4.79 Å². The van der Waals surface area contributed by atoms with E-state index in [1.165, 1.54) is 0 Å². The molecule has 0 fully saturated rings. The summed E-state index contributed by atoms with van der Waals surface area (Å²) >= 11 is 0. The molecule has 2 aromatic rings. The minimum atomic E-state index is -0.631. The molecule has 0 radical (unpaired) electrons. The zero-order valence-electron chi connectivity index (χ0n) is 16.9. The summed E-state index contributed by atoms with van der Waals surface area (Å²) in [6, 6.07) is 8.08. The Hall–Kier alpha value is -3.05. The van der Waals surface area contributed by atoms with Crippen LogP contribution in [0.2, 0.25) is 0 Å². The minimum absolute atomic E-state index is 0.0379. The number of aromatic hydroxyl groups is 2. The molecule has 0 spiro atoms. The number of carbonyl (C=O) groups excluding carboxylic acids is 1. The molecule has 1 amide bonds. The number of amides is 1. The van der Waals surface area contributed by atoms with E-state index in [9.17, 15) is 15.0 Å². The van der Waals surface area contributed by atoms with Gasteiger partial charge in [0.05, 0.1) is 11.7 Å². The molecule has 5 heteroatoms. The molecule has 2 rings (SSSR count). The topological polar surface area (TPSA) is 95.6 Å². The lowest BCUT2D eigenvalue weighted by atomic mass is 9.96. The number of phenolic OH excluding ortho intramolecular Hbond substituents is 2. The second kappa shape index (κ2) is 10.5. The van der Waals surface area contributed by atoms with E-state index in [-0.39, 0.29) is 17.4 Å². The third-order valence-corrected chi connectivity index (χ3v) is 4.77. The Balaban J connectivity index is 2.45. The second-order valence-corrected chi connectivity index (χ2v) is 7.11.